The first-order chi connectivity index (χ1) is 19.1. The van der Waals surface area contributed by atoms with Crippen LogP contribution >= 0.6 is 0 Å². The van der Waals surface area contributed by atoms with Crippen LogP contribution in [0.25, 0.3) is 0 Å². The molecule has 0 heterocycles. The molecule has 240 valence electrons. The molecule has 0 spiro atoms. The van der Waals surface area contributed by atoms with Gasteiger partial charge >= 0.3 is 5.97 Å². The van der Waals surface area contributed by atoms with Crippen LogP contribution < -0.4 is 0 Å². The number of rotatable bonds is 28. The maximum Gasteiger partial charge on any atom is 0.309 e. The van der Waals surface area contributed by atoms with Crippen molar-refractivity contribution in [2.75, 3.05) is 13.2 Å². The summed E-state index contributed by atoms with van der Waals surface area (Å²) in [5.41, 5.74) is -1.74. The van der Waals surface area contributed by atoms with Crippen molar-refractivity contribution in [2.24, 2.45) is 17.8 Å². The number of hydrogen-bond acceptors (Lipinski definition) is 7. The third-order valence-corrected chi connectivity index (χ3v) is 8.87. The lowest BCUT2D eigenvalue weighted by atomic mass is 9.68. The summed E-state index contributed by atoms with van der Waals surface area (Å²) >= 11 is 0. The first-order valence-electron chi connectivity index (χ1n) is 16.3. The predicted octanol–water partition coefficient (Wildman–Crippen LogP) is 5.19. The number of aliphatic hydroxyl groups is 6. The van der Waals surface area contributed by atoms with Crippen LogP contribution in [0.4, 0.5) is 0 Å². The average Bonchev–Trinajstić information content (AvgIpc) is 2.94. The second-order valence-electron chi connectivity index (χ2n) is 12.0. The molecule has 0 saturated carbocycles. The summed E-state index contributed by atoms with van der Waals surface area (Å²) in [6.07, 6.45) is 13.6. The highest BCUT2D eigenvalue weighted by Gasteiger charge is 2.47. The van der Waals surface area contributed by atoms with Crippen LogP contribution in [0.15, 0.2) is 0 Å². The van der Waals surface area contributed by atoms with Gasteiger partial charge in [0.1, 0.15) is 12.2 Å². The van der Waals surface area contributed by atoms with E-state index < -0.39 is 54.9 Å². The highest BCUT2D eigenvalue weighted by molar-refractivity contribution is 5.71. The van der Waals surface area contributed by atoms with Gasteiger partial charge in [0.05, 0.1) is 30.8 Å². The van der Waals surface area contributed by atoms with Gasteiger partial charge in [-0.15, -0.1) is 0 Å². The van der Waals surface area contributed by atoms with Gasteiger partial charge < -0.3 is 35.7 Å². The van der Waals surface area contributed by atoms with E-state index >= 15 is 0 Å². The molecule has 0 amide bonds. The Labute approximate surface area is 244 Å². The van der Waals surface area contributed by atoms with Crippen molar-refractivity contribution < 1.29 is 40.5 Å². The Morgan fingerprint density at radius 2 is 1.10 bits per heavy atom. The molecule has 0 aliphatic rings. The molecule has 0 aliphatic heterocycles. The van der Waals surface area contributed by atoms with E-state index in [-0.39, 0.29) is 18.8 Å². The van der Waals surface area contributed by atoms with Gasteiger partial charge in [0.2, 0.25) is 0 Å². The summed E-state index contributed by atoms with van der Waals surface area (Å²) in [7, 11) is 0. The summed E-state index contributed by atoms with van der Waals surface area (Å²) in [6.45, 7) is 4.68. The van der Waals surface area contributed by atoms with Gasteiger partial charge in [0.25, 0.3) is 0 Å². The van der Waals surface area contributed by atoms with Crippen molar-refractivity contribution in [1.82, 2.24) is 0 Å². The molecule has 0 aromatic carbocycles. The van der Waals surface area contributed by atoms with Crippen LogP contribution in [0.2, 0.25) is 0 Å². The fraction of sp³-hybridized carbons (Fsp3) is 0.969. The van der Waals surface area contributed by atoms with Gasteiger partial charge in [-0.05, 0) is 31.1 Å². The van der Waals surface area contributed by atoms with E-state index in [9.17, 15) is 40.5 Å². The predicted molar refractivity (Wildman–Crippen MR) is 160 cm³/mol. The minimum absolute atomic E-state index is 0.130. The highest BCUT2D eigenvalue weighted by Crippen LogP contribution is 2.40. The fourth-order valence-electron chi connectivity index (χ4n) is 6.17. The van der Waals surface area contributed by atoms with E-state index in [4.69, 9.17) is 0 Å². The molecule has 7 N–H and O–H groups in total. The number of carboxylic acids is 1. The van der Waals surface area contributed by atoms with E-state index in [1.807, 2.05) is 0 Å². The number of carbonyl (C=O) groups is 1. The van der Waals surface area contributed by atoms with E-state index in [2.05, 4.69) is 13.8 Å². The third kappa shape index (κ3) is 14.9. The van der Waals surface area contributed by atoms with E-state index in [0.29, 0.717) is 12.8 Å². The quantitative estimate of drug-likeness (QED) is 0.0627. The molecule has 0 rings (SSSR count). The molecule has 0 unspecified atom stereocenters. The smallest absolute Gasteiger partial charge is 0.309 e. The lowest BCUT2D eigenvalue weighted by Gasteiger charge is -2.43. The second kappa shape index (κ2) is 23.8. The van der Waals surface area contributed by atoms with Crippen LogP contribution in [0.1, 0.15) is 143 Å². The van der Waals surface area contributed by atoms with Crippen molar-refractivity contribution in [1.29, 1.82) is 0 Å². The molecule has 8 heteroatoms. The van der Waals surface area contributed by atoms with Gasteiger partial charge in [0.15, 0.2) is 0 Å². The maximum absolute atomic E-state index is 12.2. The number of unbranched alkanes of at least 4 members (excludes halogenated alkanes) is 13. The van der Waals surface area contributed by atoms with Gasteiger partial charge in [-0.1, -0.05) is 124 Å². The summed E-state index contributed by atoms with van der Waals surface area (Å²) < 4.78 is 0. The molecular formula is C32H64O8. The lowest BCUT2D eigenvalue weighted by molar-refractivity contribution is -0.168. The summed E-state index contributed by atoms with van der Waals surface area (Å²) in [4.78, 5) is 12.2. The van der Waals surface area contributed by atoms with E-state index in [0.717, 1.165) is 51.4 Å². The van der Waals surface area contributed by atoms with Crippen LogP contribution in [0.5, 0.6) is 0 Å². The van der Waals surface area contributed by atoms with Crippen LogP contribution in [0.3, 0.4) is 0 Å². The minimum atomic E-state index is -1.74. The Bertz CT molecular complexity index is 603. The number of carboxylic acid groups (broad SMARTS) is 1. The van der Waals surface area contributed by atoms with E-state index in [1.54, 1.807) is 6.92 Å². The first kappa shape index (κ1) is 39.2. The van der Waals surface area contributed by atoms with Gasteiger partial charge in [-0.2, -0.15) is 0 Å². The van der Waals surface area contributed by atoms with Crippen molar-refractivity contribution in [3.63, 3.8) is 0 Å². The summed E-state index contributed by atoms with van der Waals surface area (Å²) in [6, 6.07) is 0. The second-order valence-corrected chi connectivity index (χ2v) is 12.0. The molecule has 0 aliphatic carbocycles. The Morgan fingerprint density at radius 1 is 0.675 bits per heavy atom. The molecule has 0 fully saturated rings. The topological polar surface area (TPSA) is 159 Å². The van der Waals surface area contributed by atoms with Gasteiger partial charge in [-0.25, -0.2) is 0 Å². The first-order valence-corrected chi connectivity index (χ1v) is 16.3. The third-order valence-electron chi connectivity index (χ3n) is 8.87. The van der Waals surface area contributed by atoms with Gasteiger partial charge in [-0.3, -0.25) is 4.79 Å². The summed E-state index contributed by atoms with van der Waals surface area (Å²) in [5.74, 6) is -3.89. The van der Waals surface area contributed by atoms with Gasteiger partial charge in [0, 0.05) is 0 Å². The molecule has 0 radical (unpaired) electrons. The van der Waals surface area contributed by atoms with Crippen molar-refractivity contribution >= 4 is 5.97 Å². The standard InChI is InChI=1S/C32H64O8/c1-4-7-9-11-13-14-15-17-19-21-26(20-18-16-12-10-8-5-2)32(40,28(36)24-34)22-25(6-3)29(31(38)39)30(37)27(35)23-33/h25-30,33-37,40H,4-24H2,1-3H3,(H,38,39)/t25-,26-,27-,28-,29-,30+,32-/m0/s1. The van der Waals surface area contributed by atoms with Crippen molar-refractivity contribution in [3.05, 3.63) is 0 Å². The molecular weight excluding hydrogens is 512 g/mol. The number of aliphatic hydroxyl groups excluding tert-OH is 5. The molecule has 40 heavy (non-hydrogen) atoms. The zero-order valence-corrected chi connectivity index (χ0v) is 25.9. The molecule has 8 nitrogen and oxygen atoms in total. The van der Waals surface area contributed by atoms with Crippen LogP contribution in [-0.4, -0.2) is 78.8 Å². The van der Waals surface area contributed by atoms with Crippen LogP contribution in [-0.2, 0) is 4.79 Å². The Morgan fingerprint density at radius 3 is 1.45 bits per heavy atom. The molecule has 0 aromatic heterocycles. The monoisotopic (exact) mass is 576 g/mol. The Hall–Kier alpha value is -0.770. The molecule has 0 saturated heterocycles. The normalized spacial score (nSPS) is 18.0. The zero-order valence-electron chi connectivity index (χ0n) is 25.9. The molecule has 0 aromatic rings. The fourth-order valence-corrected chi connectivity index (χ4v) is 6.17. The molecule has 7 atom stereocenters. The number of hydrogen-bond donors (Lipinski definition) is 7. The zero-order chi connectivity index (χ0) is 30.4. The number of aliphatic carboxylic acids is 1. The lowest BCUT2D eigenvalue weighted by Crippen LogP contribution is -2.54. The largest absolute Gasteiger partial charge is 0.481 e. The van der Waals surface area contributed by atoms with E-state index in [1.165, 1.54) is 44.9 Å². The molecule has 0 bridgehead atoms. The Kier molecular flexibility index (Phi) is 23.3. The maximum atomic E-state index is 12.2. The van der Waals surface area contributed by atoms with Crippen molar-refractivity contribution in [2.45, 2.75) is 167 Å². The average molecular weight is 577 g/mol. The Balaban J connectivity index is 5.65. The minimum Gasteiger partial charge on any atom is -0.481 e. The van der Waals surface area contributed by atoms with Crippen LogP contribution in [0, 0.1) is 17.8 Å². The SMILES string of the molecule is CCCCCCCCCCC[C@H](CCCCCCCC)[C@@](O)(C[C@H](CC)[C@H](C(=O)O)[C@H](O)[C@@H](O)CO)[C@@H](O)CO. The van der Waals surface area contributed by atoms with Crippen molar-refractivity contribution in [3.8, 4) is 0 Å². The summed E-state index contributed by atoms with van der Waals surface area (Å²) in [5, 5.41) is 72.6. The highest BCUT2D eigenvalue weighted by atomic mass is 16.4.